The van der Waals surface area contributed by atoms with E-state index < -0.39 is 41.0 Å². The van der Waals surface area contributed by atoms with Gasteiger partial charge in [-0.2, -0.15) is 4.39 Å². The van der Waals surface area contributed by atoms with Crippen molar-refractivity contribution in [1.29, 1.82) is 0 Å². The number of methoxy groups -OCH3 is 1. The van der Waals surface area contributed by atoms with E-state index >= 15 is 0 Å². The number of hydrogen-bond donors (Lipinski definition) is 0. The van der Waals surface area contributed by atoms with Crippen molar-refractivity contribution in [3.05, 3.63) is 23.3 Å². The highest BCUT2D eigenvalue weighted by Crippen LogP contribution is 2.34. The van der Waals surface area contributed by atoms with E-state index in [1.54, 1.807) is 6.92 Å². The summed E-state index contributed by atoms with van der Waals surface area (Å²) in [6.07, 6.45) is -0.942. The molecule has 1 unspecified atom stereocenters. The van der Waals surface area contributed by atoms with Gasteiger partial charge in [-0.05, 0) is 13.0 Å². The van der Waals surface area contributed by atoms with Crippen LogP contribution in [-0.4, -0.2) is 43.4 Å². The zero-order chi connectivity index (χ0) is 16.7. The number of cyclic esters (lactones) is 1. The van der Waals surface area contributed by atoms with Gasteiger partial charge in [0.25, 0.3) is 0 Å². The van der Waals surface area contributed by atoms with Gasteiger partial charge in [0.2, 0.25) is 11.4 Å². The molecule has 3 rings (SSSR count). The molecule has 0 N–H and O–H groups in total. The molecule has 2 aromatic rings. The lowest BCUT2D eigenvalue weighted by Crippen LogP contribution is -2.42. The van der Waals surface area contributed by atoms with Gasteiger partial charge in [-0.3, -0.25) is 4.79 Å². The van der Waals surface area contributed by atoms with Gasteiger partial charge in [0.1, 0.15) is 12.6 Å². The van der Waals surface area contributed by atoms with Crippen LogP contribution in [0, 0.1) is 11.6 Å². The predicted octanol–water partition coefficient (Wildman–Crippen LogP) is 2.28. The molecule has 9 heteroatoms. The molecule has 0 radical (unpaired) electrons. The number of halogens is 2. The first-order valence-corrected chi connectivity index (χ1v) is 6.71. The van der Waals surface area contributed by atoms with Gasteiger partial charge in [0.15, 0.2) is 17.9 Å². The first-order chi connectivity index (χ1) is 11.0. The molecule has 1 aliphatic heterocycles. The predicted molar refractivity (Wildman–Crippen MR) is 73.4 cm³/mol. The van der Waals surface area contributed by atoms with Gasteiger partial charge in [-0.25, -0.2) is 14.1 Å². The van der Waals surface area contributed by atoms with E-state index in [1.165, 1.54) is 7.11 Å². The Morgan fingerprint density at radius 1 is 1.48 bits per heavy atom. The average molecular weight is 326 g/mol. The van der Waals surface area contributed by atoms with E-state index in [-0.39, 0.29) is 24.1 Å². The summed E-state index contributed by atoms with van der Waals surface area (Å²) in [7, 11) is 1.46. The topological polar surface area (TPSA) is 81.9 Å². The van der Waals surface area contributed by atoms with Crippen LogP contribution < -0.4 is 4.90 Å². The van der Waals surface area contributed by atoms with E-state index in [0.717, 1.165) is 11.0 Å². The van der Waals surface area contributed by atoms with Gasteiger partial charge in [0.05, 0.1) is 17.1 Å². The summed E-state index contributed by atoms with van der Waals surface area (Å²) in [4.78, 5) is 24.0. The molecule has 1 amide bonds. The Morgan fingerprint density at radius 2 is 2.22 bits per heavy atom. The Hall–Kier alpha value is -2.55. The van der Waals surface area contributed by atoms with Crippen molar-refractivity contribution >= 4 is 29.2 Å². The summed E-state index contributed by atoms with van der Waals surface area (Å²) in [5.74, 6) is -2.73. The Morgan fingerprint density at radius 3 is 2.87 bits per heavy atom. The molecule has 1 fully saturated rings. The highest BCUT2D eigenvalue weighted by molar-refractivity contribution is 6.01. The number of aromatic nitrogens is 1. The summed E-state index contributed by atoms with van der Waals surface area (Å²) in [5.41, 5.74) is -0.977. The number of carbonyl (C=O) groups excluding carboxylic acids is 2. The van der Waals surface area contributed by atoms with Crippen LogP contribution in [0.3, 0.4) is 0 Å². The second-order valence-electron chi connectivity index (χ2n) is 5.05. The molecule has 0 aliphatic carbocycles. The molecular weight excluding hydrogens is 314 g/mol. The number of rotatable bonds is 4. The number of nitrogens with zero attached hydrogens (tertiary/aromatic N) is 2. The summed E-state index contributed by atoms with van der Waals surface area (Å²) in [5, 5.41) is 3.64. The van der Waals surface area contributed by atoms with Gasteiger partial charge >= 0.3 is 6.09 Å². The van der Waals surface area contributed by atoms with Gasteiger partial charge in [-0.1, -0.05) is 5.16 Å². The van der Waals surface area contributed by atoms with Crippen molar-refractivity contribution in [2.75, 3.05) is 18.6 Å². The monoisotopic (exact) mass is 326 g/mol. The zero-order valence-corrected chi connectivity index (χ0v) is 12.2. The normalized spacial score (nSPS) is 19.2. The molecule has 1 saturated heterocycles. The van der Waals surface area contributed by atoms with Crippen molar-refractivity contribution < 1.29 is 32.4 Å². The molecule has 7 nitrogen and oxygen atoms in total. The SMILES string of the molecule is CO[C@H](C)C1COC(=O)N1c1noc2c(F)c(F)c(C=O)cc12. The minimum absolute atomic E-state index is 0.00171. The minimum Gasteiger partial charge on any atom is -0.447 e. The second kappa shape index (κ2) is 5.58. The first kappa shape index (κ1) is 15.3. The van der Waals surface area contributed by atoms with E-state index in [1.807, 2.05) is 0 Å². The number of fused-ring (bicyclic) bond motifs is 1. The Bertz CT molecular complexity index is 791. The molecule has 1 aromatic carbocycles. The lowest BCUT2D eigenvalue weighted by atomic mass is 10.1. The quantitative estimate of drug-likeness (QED) is 0.802. The fraction of sp³-hybridized carbons (Fsp3) is 0.357. The van der Waals surface area contributed by atoms with Crippen LogP contribution in [0.2, 0.25) is 0 Å². The molecule has 0 spiro atoms. The van der Waals surface area contributed by atoms with E-state index in [4.69, 9.17) is 14.0 Å². The summed E-state index contributed by atoms with van der Waals surface area (Å²) in [6, 6.07) is 0.556. The third-order valence-electron chi connectivity index (χ3n) is 3.83. The molecule has 23 heavy (non-hydrogen) atoms. The molecule has 2 heterocycles. The molecule has 2 atom stereocenters. The van der Waals surface area contributed by atoms with E-state index in [0.29, 0.717) is 0 Å². The highest BCUT2D eigenvalue weighted by Gasteiger charge is 2.41. The number of aldehydes is 1. The molecule has 0 saturated carbocycles. The minimum atomic E-state index is -1.34. The summed E-state index contributed by atoms with van der Waals surface area (Å²) in [6.45, 7) is 1.77. The van der Waals surface area contributed by atoms with Crippen molar-refractivity contribution in [2.24, 2.45) is 0 Å². The van der Waals surface area contributed by atoms with Crippen LogP contribution in [0.25, 0.3) is 11.0 Å². The number of ether oxygens (including phenoxy) is 2. The number of carbonyl (C=O) groups is 2. The summed E-state index contributed by atoms with van der Waals surface area (Å²) < 4.78 is 42.5. The fourth-order valence-electron chi connectivity index (χ4n) is 2.46. The highest BCUT2D eigenvalue weighted by atomic mass is 19.2. The molecule has 1 aliphatic rings. The van der Waals surface area contributed by atoms with Crippen molar-refractivity contribution in [3.8, 4) is 0 Å². The lowest BCUT2D eigenvalue weighted by molar-refractivity contribution is 0.0881. The first-order valence-electron chi connectivity index (χ1n) is 6.71. The Balaban J connectivity index is 2.18. The van der Waals surface area contributed by atoms with Crippen LogP contribution in [0.15, 0.2) is 10.6 Å². The van der Waals surface area contributed by atoms with Crippen molar-refractivity contribution in [2.45, 2.75) is 19.1 Å². The van der Waals surface area contributed by atoms with E-state index in [9.17, 15) is 18.4 Å². The van der Waals surface area contributed by atoms with Crippen LogP contribution >= 0.6 is 0 Å². The second-order valence-corrected chi connectivity index (χ2v) is 5.05. The molecule has 122 valence electrons. The molecule has 1 aromatic heterocycles. The van der Waals surface area contributed by atoms with Crippen molar-refractivity contribution in [1.82, 2.24) is 5.16 Å². The van der Waals surface area contributed by atoms with Crippen LogP contribution in [0.5, 0.6) is 0 Å². The van der Waals surface area contributed by atoms with E-state index in [2.05, 4.69) is 5.16 Å². The maximum atomic E-state index is 13.9. The number of hydrogen-bond acceptors (Lipinski definition) is 6. The Labute approximate surface area is 128 Å². The average Bonchev–Trinajstić information content (AvgIpc) is 3.13. The lowest BCUT2D eigenvalue weighted by Gasteiger charge is -2.23. The molecular formula is C14H12F2N2O5. The fourth-order valence-corrected chi connectivity index (χ4v) is 2.46. The summed E-state index contributed by atoms with van der Waals surface area (Å²) >= 11 is 0. The zero-order valence-electron chi connectivity index (χ0n) is 12.2. The van der Waals surface area contributed by atoms with Crippen LogP contribution in [0.4, 0.5) is 19.4 Å². The number of anilines is 1. The number of benzene rings is 1. The third kappa shape index (κ3) is 2.24. The van der Waals surface area contributed by atoms with Crippen molar-refractivity contribution in [3.63, 3.8) is 0 Å². The van der Waals surface area contributed by atoms with Gasteiger partial charge < -0.3 is 14.0 Å². The Kier molecular flexibility index (Phi) is 3.72. The van der Waals surface area contributed by atoms with Gasteiger partial charge in [-0.15, -0.1) is 0 Å². The van der Waals surface area contributed by atoms with Crippen LogP contribution in [-0.2, 0) is 9.47 Å². The smallest absolute Gasteiger partial charge is 0.416 e. The number of amides is 1. The maximum Gasteiger partial charge on any atom is 0.416 e. The largest absolute Gasteiger partial charge is 0.447 e. The molecule has 0 bridgehead atoms. The van der Waals surface area contributed by atoms with Crippen LogP contribution in [0.1, 0.15) is 17.3 Å². The maximum absolute atomic E-state index is 13.9. The standard InChI is InChI=1S/C14H12F2N2O5/c1-6(21-2)9-5-22-14(20)18(9)13-8-3-7(4-19)10(15)11(16)12(8)23-17-13/h3-4,6,9H,5H2,1-2H3/t6-,9?/m1/s1. The van der Waals surface area contributed by atoms with Gasteiger partial charge in [0, 0.05) is 7.11 Å². The third-order valence-corrected chi connectivity index (χ3v) is 3.83.